The minimum Gasteiger partial charge on any atom is -0.497 e. The van der Waals surface area contributed by atoms with Gasteiger partial charge >= 0.3 is 0 Å². The Labute approximate surface area is 172 Å². The predicted molar refractivity (Wildman–Crippen MR) is 115 cm³/mol. The molecule has 0 radical (unpaired) electrons. The predicted octanol–water partition coefficient (Wildman–Crippen LogP) is 3.49. The van der Waals surface area contributed by atoms with E-state index >= 15 is 0 Å². The average molecular weight is 389 g/mol. The van der Waals surface area contributed by atoms with Gasteiger partial charge in [-0.2, -0.15) is 0 Å². The van der Waals surface area contributed by atoms with E-state index in [1.165, 1.54) is 5.56 Å². The van der Waals surface area contributed by atoms with Crippen LogP contribution in [0.1, 0.15) is 22.8 Å². The highest BCUT2D eigenvalue weighted by atomic mass is 16.5. The van der Waals surface area contributed by atoms with Gasteiger partial charge < -0.3 is 14.7 Å². The van der Waals surface area contributed by atoms with Crippen molar-refractivity contribution in [2.24, 2.45) is 0 Å². The Morgan fingerprint density at radius 3 is 2.41 bits per heavy atom. The summed E-state index contributed by atoms with van der Waals surface area (Å²) in [5.41, 5.74) is 4.15. The second-order valence-electron chi connectivity index (χ2n) is 7.36. The molecule has 29 heavy (non-hydrogen) atoms. The Kier molecular flexibility index (Phi) is 6.08. The van der Waals surface area contributed by atoms with E-state index in [0.29, 0.717) is 0 Å². The third-order valence-electron chi connectivity index (χ3n) is 5.51. The van der Waals surface area contributed by atoms with Crippen molar-refractivity contribution in [3.05, 3.63) is 89.7 Å². The minimum atomic E-state index is -0.669. The first kappa shape index (κ1) is 19.4. The van der Waals surface area contributed by atoms with E-state index in [2.05, 4.69) is 33.0 Å². The van der Waals surface area contributed by atoms with Crippen molar-refractivity contribution in [1.82, 2.24) is 9.88 Å². The third-order valence-corrected chi connectivity index (χ3v) is 5.51. The van der Waals surface area contributed by atoms with Crippen molar-refractivity contribution in [2.45, 2.75) is 12.6 Å². The number of methoxy groups -OCH3 is 1. The number of aromatic nitrogens is 1. The zero-order chi connectivity index (χ0) is 20.1. The summed E-state index contributed by atoms with van der Waals surface area (Å²) < 4.78 is 5.24. The number of aliphatic hydroxyl groups is 1. The van der Waals surface area contributed by atoms with Gasteiger partial charge in [0.05, 0.1) is 7.11 Å². The molecule has 5 heteroatoms. The molecule has 1 fully saturated rings. The summed E-state index contributed by atoms with van der Waals surface area (Å²) in [6, 6.07) is 20.2. The van der Waals surface area contributed by atoms with Crippen LogP contribution in [0.15, 0.2) is 73.1 Å². The SMILES string of the molecule is COc1ccc(CN2CCN(c3ccccc3C(O)c3cccnc3)CC2)cc1. The van der Waals surface area contributed by atoms with Crippen molar-refractivity contribution in [3.63, 3.8) is 0 Å². The van der Waals surface area contributed by atoms with Crippen LogP contribution in [0.25, 0.3) is 0 Å². The van der Waals surface area contributed by atoms with Gasteiger partial charge in [0.25, 0.3) is 0 Å². The summed E-state index contributed by atoms with van der Waals surface area (Å²) >= 11 is 0. The molecule has 1 atom stereocenters. The number of hydrogen-bond acceptors (Lipinski definition) is 5. The molecule has 0 spiro atoms. The molecule has 1 unspecified atom stereocenters. The number of anilines is 1. The molecule has 1 aliphatic heterocycles. The Bertz CT molecular complexity index is 907. The fraction of sp³-hybridized carbons (Fsp3) is 0.292. The largest absolute Gasteiger partial charge is 0.497 e. The molecule has 0 aliphatic carbocycles. The fourth-order valence-corrected chi connectivity index (χ4v) is 3.86. The molecule has 4 rings (SSSR count). The van der Waals surface area contributed by atoms with Crippen molar-refractivity contribution in [2.75, 3.05) is 38.2 Å². The second kappa shape index (κ2) is 9.07. The Morgan fingerprint density at radius 2 is 1.72 bits per heavy atom. The molecule has 0 saturated carbocycles. The number of ether oxygens (including phenoxy) is 1. The average Bonchev–Trinajstić information content (AvgIpc) is 2.80. The number of hydrogen-bond donors (Lipinski definition) is 1. The Morgan fingerprint density at radius 1 is 0.966 bits per heavy atom. The van der Waals surface area contributed by atoms with E-state index in [0.717, 1.165) is 55.3 Å². The molecular weight excluding hydrogens is 362 g/mol. The van der Waals surface area contributed by atoms with Gasteiger partial charge in [-0.3, -0.25) is 9.88 Å². The van der Waals surface area contributed by atoms with Crippen LogP contribution in [0.5, 0.6) is 5.75 Å². The molecule has 1 N–H and O–H groups in total. The number of piperazine rings is 1. The zero-order valence-corrected chi connectivity index (χ0v) is 16.7. The lowest BCUT2D eigenvalue weighted by molar-refractivity contribution is 0.218. The monoisotopic (exact) mass is 389 g/mol. The van der Waals surface area contributed by atoms with E-state index in [1.54, 1.807) is 19.5 Å². The molecule has 150 valence electrons. The molecule has 1 saturated heterocycles. The Balaban J connectivity index is 1.42. The van der Waals surface area contributed by atoms with Crippen LogP contribution in [0.3, 0.4) is 0 Å². The van der Waals surface area contributed by atoms with Crippen LogP contribution in [0, 0.1) is 0 Å². The lowest BCUT2D eigenvalue weighted by atomic mass is 10.00. The maximum atomic E-state index is 10.9. The van der Waals surface area contributed by atoms with Crippen LogP contribution in [0.4, 0.5) is 5.69 Å². The molecule has 2 aromatic carbocycles. The number of nitrogens with zero attached hydrogens (tertiary/aromatic N) is 3. The lowest BCUT2D eigenvalue weighted by Crippen LogP contribution is -2.46. The maximum absolute atomic E-state index is 10.9. The molecule has 5 nitrogen and oxygen atoms in total. The van der Waals surface area contributed by atoms with Crippen molar-refractivity contribution in [1.29, 1.82) is 0 Å². The topological polar surface area (TPSA) is 48.8 Å². The van der Waals surface area contributed by atoms with Gasteiger partial charge in [0, 0.05) is 61.9 Å². The van der Waals surface area contributed by atoms with Crippen molar-refractivity contribution < 1.29 is 9.84 Å². The smallest absolute Gasteiger partial charge is 0.118 e. The molecule has 0 bridgehead atoms. The number of rotatable bonds is 6. The van der Waals surface area contributed by atoms with E-state index in [1.807, 2.05) is 42.5 Å². The van der Waals surface area contributed by atoms with E-state index < -0.39 is 6.10 Å². The van der Waals surface area contributed by atoms with Gasteiger partial charge in [-0.15, -0.1) is 0 Å². The molecule has 1 aromatic heterocycles. The van der Waals surface area contributed by atoms with Crippen LogP contribution in [-0.4, -0.2) is 48.3 Å². The number of benzene rings is 2. The first-order chi connectivity index (χ1) is 14.2. The fourth-order valence-electron chi connectivity index (χ4n) is 3.86. The maximum Gasteiger partial charge on any atom is 0.118 e. The van der Waals surface area contributed by atoms with Gasteiger partial charge in [-0.05, 0) is 29.8 Å². The van der Waals surface area contributed by atoms with Crippen LogP contribution in [-0.2, 0) is 6.54 Å². The molecule has 3 aromatic rings. The van der Waals surface area contributed by atoms with Gasteiger partial charge in [0.2, 0.25) is 0 Å². The van der Waals surface area contributed by atoms with E-state index in [-0.39, 0.29) is 0 Å². The van der Waals surface area contributed by atoms with E-state index in [9.17, 15) is 5.11 Å². The van der Waals surface area contributed by atoms with Gasteiger partial charge in [-0.25, -0.2) is 0 Å². The summed E-state index contributed by atoms with van der Waals surface area (Å²) in [4.78, 5) is 8.99. The normalized spacial score (nSPS) is 15.9. The number of pyridine rings is 1. The van der Waals surface area contributed by atoms with Crippen LogP contribution >= 0.6 is 0 Å². The zero-order valence-electron chi connectivity index (χ0n) is 16.7. The second-order valence-corrected chi connectivity index (χ2v) is 7.36. The number of aliphatic hydroxyl groups excluding tert-OH is 1. The Hall–Kier alpha value is -2.89. The van der Waals surface area contributed by atoms with E-state index in [4.69, 9.17) is 4.74 Å². The number of para-hydroxylation sites is 1. The molecule has 1 aliphatic rings. The highest BCUT2D eigenvalue weighted by Gasteiger charge is 2.22. The van der Waals surface area contributed by atoms with Crippen molar-refractivity contribution in [3.8, 4) is 5.75 Å². The standard InChI is InChI=1S/C24H27N3O2/c1-29-21-10-8-19(9-11-21)18-26-13-15-27(16-14-26)23-7-3-2-6-22(23)24(28)20-5-4-12-25-17-20/h2-12,17,24,28H,13-16,18H2,1H3. The van der Waals surface area contributed by atoms with Crippen LogP contribution < -0.4 is 9.64 Å². The molecule has 2 heterocycles. The minimum absolute atomic E-state index is 0.669. The van der Waals surface area contributed by atoms with Gasteiger partial charge in [0.1, 0.15) is 11.9 Å². The lowest BCUT2D eigenvalue weighted by Gasteiger charge is -2.37. The van der Waals surface area contributed by atoms with Gasteiger partial charge in [0.15, 0.2) is 0 Å². The quantitative estimate of drug-likeness (QED) is 0.699. The third kappa shape index (κ3) is 4.58. The highest BCUT2D eigenvalue weighted by Crippen LogP contribution is 2.31. The summed E-state index contributed by atoms with van der Waals surface area (Å²) in [6.07, 6.45) is 2.79. The first-order valence-corrected chi connectivity index (χ1v) is 10.0. The summed E-state index contributed by atoms with van der Waals surface area (Å²) in [5, 5.41) is 10.9. The summed E-state index contributed by atoms with van der Waals surface area (Å²) in [7, 11) is 1.69. The molecule has 0 amide bonds. The summed E-state index contributed by atoms with van der Waals surface area (Å²) in [5.74, 6) is 0.891. The van der Waals surface area contributed by atoms with Crippen molar-refractivity contribution >= 4 is 5.69 Å². The highest BCUT2D eigenvalue weighted by molar-refractivity contribution is 5.56. The summed E-state index contributed by atoms with van der Waals surface area (Å²) in [6.45, 7) is 4.80. The first-order valence-electron chi connectivity index (χ1n) is 10.0. The van der Waals surface area contributed by atoms with Crippen LogP contribution in [0.2, 0.25) is 0 Å². The molecular formula is C24H27N3O2. The van der Waals surface area contributed by atoms with Gasteiger partial charge in [-0.1, -0.05) is 36.4 Å².